The Hall–Kier alpha value is -1.37. The fourth-order valence-corrected chi connectivity index (χ4v) is 2.41. The van der Waals surface area contributed by atoms with Crippen LogP contribution in [0, 0.1) is 0 Å². The van der Waals surface area contributed by atoms with Gasteiger partial charge in [-0.25, -0.2) is 4.68 Å². The van der Waals surface area contributed by atoms with E-state index in [4.69, 9.17) is 16.3 Å². The Kier molecular flexibility index (Phi) is 5.78. The van der Waals surface area contributed by atoms with Crippen LogP contribution in [0.3, 0.4) is 0 Å². The van der Waals surface area contributed by atoms with Crippen LogP contribution in [0.2, 0.25) is 5.02 Å². The third kappa shape index (κ3) is 4.06. The van der Waals surface area contributed by atoms with Crippen molar-refractivity contribution in [2.24, 2.45) is 0 Å². The molecule has 0 aliphatic heterocycles. The number of halogens is 2. The van der Waals surface area contributed by atoms with E-state index >= 15 is 0 Å². The van der Waals surface area contributed by atoms with Gasteiger partial charge in [0.25, 0.3) is 5.56 Å². The zero-order valence-corrected chi connectivity index (χ0v) is 13.8. The maximum absolute atomic E-state index is 12.1. The molecule has 7 heteroatoms. The quantitative estimate of drug-likeness (QED) is 0.847. The largest absolute Gasteiger partial charge is 0.383 e. The Bertz CT molecular complexity index is 676. The normalized spacial score (nSPS) is 10.6. The van der Waals surface area contributed by atoms with Crippen molar-refractivity contribution in [2.45, 2.75) is 13.1 Å². The van der Waals surface area contributed by atoms with Crippen LogP contribution in [0.15, 0.2) is 39.7 Å². The van der Waals surface area contributed by atoms with E-state index in [1.165, 1.54) is 4.68 Å². The first kappa shape index (κ1) is 16.0. The van der Waals surface area contributed by atoms with Gasteiger partial charge in [-0.2, -0.15) is 5.10 Å². The average molecular weight is 373 g/mol. The van der Waals surface area contributed by atoms with Gasteiger partial charge in [0, 0.05) is 18.7 Å². The first-order valence-corrected chi connectivity index (χ1v) is 7.52. The number of hydrogen-bond donors (Lipinski definition) is 1. The molecule has 0 atom stereocenters. The Morgan fingerprint density at radius 2 is 2.19 bits per heavy atom. The van der Waals surface area contributed by atoms with Crippen LogP contribution in [0.5, 0.6) is 0 Å². The molecule has 0 aliphatic carbocycles. The van der Waals surface area contributed by atoms with Gasteiger partial charge in [0.05, 0.1) is 25.0 Å². The van der Waals surface area contributed by atoms with Crippen LogP contribution in [0.1, 0.15) is 5.56 Å². The van der Waals surface area contributed by atoms with Crippen LogP contribution in [-0.4, -0.2) is 23.5 Å². The minimum absolute atomic E-state index is 0.198. The highest BCUT2D eigenvalue weighted by atomic mass is 79.9. The minimum atomic E-state index is -0.198. The van der Waals surface area contributed by atoms with Crippen molar-refractivity contribution in [3.63, 3.8) is 0 Å². The van der Waals surface area contributed by atoms with Gasteiger partial charge in [0.15, 0.2) is 0 Å². The molecule has 5 nitrogen and oxygen atoms in total. The highest BCUT2D eigenvalue weighted by molar-refractivity contribution is 9.10. The lowest BCUT2D eigenvalue weighted by Gasteiger charge is -2.11. The number of rotatable bonds is 6. The second-order valence-corrected chi connectivity index (χ2v) is 5.54. The van der Waals surface area contributed by atoms with Crippen LogP contribution in [0.4, 0.5) is 5.69 Å². The van der Waals surface area contributed by atoms with Crippen molar-refractivity contribution >= 4 is 33.2 Å². The number of anilines is 1. The lowest BCUT2D eigenvalue weighted by molar-refractivity contribution is 0.181. The van der Waals surface area contributed by atoms with E-state index in [1.54, 1.807) is 13.3 Å². The lowest BCUT2D eigenvalue weighted by atomic mass is 10.2. The second kappa shape index (κ2) is 7.59. The molecule has 1 aromatic carbocycles. The first-order valence-electron chi connectivity index (χ1n) is 6.35. The Labute approximate surface area is 136 Å². The Morgan fingerprint density at radius 3 is 2.90 bits per heavy atom. The van der Waals surface area contributed by atoms with Crippen molar-refractivity contribution in [3.8, 4) is 0 Å². The molecule has 1 heterocycles. The fraction of sp³-hybridized carbons (Fsp3) is 0.286. The minimum Gasteiger partial charge on any atom is -0.383 e. The van der Waals surface area contributed by atoms with Crippen molar-refractivity contribution < 1.29 is 4.74 Å². The van der Waals surface area contributed by atoms with Crippen molar-refractivity contribution in [3.05, 3.63) is 55.9 Å². The molecular formula is C14H15BrClN3O2. The molecule has 0 unspecified atom stereocenters. The van der Waals surface area contributed by atoms with Gasteiger partial charge in [0.2, 0.25) is 0 Å². The van der Waals surface area contributed by atoms with Crippen molar-refractivity contribution in [1.82, 2.24) is 9.78 Å². The molecule has 0 spiro atoms. The van der Waals surface area contributed by atoms with E-state index < -0.39 is 0 Å². The van der Waals surface area contributed by atoms with Crippen LogP contribution >= 0.6 is 27.5 Å². The molecule has 1 N–H and O–H groups in total. The average Bonchev–Trinajstić information content (AvgIpc) is 2.49. The number of hydrogen-bond acceptors (Lipinski definition) is 4. The molecular weight excluding hydrogens is 358 g/mol. The predicted molar refractivity (Wildman–Crippen MR) is 86.9 cm³/mol. The molecule has 0 fully saturated rings. The summed E-state index contributed by atoms with van der Waals surface area (Å²) < 4.78 is 6.74. The summed E-state index contributed by atoms with van der Waals surface area (Å²) in [6, 6.07) is 7.55. The number of nitrogens with one attached hydrogen (secondary N) is 1. The van der Waals surface area contributed by atoms with Crippen molar-refractivity contribution in [2.75, 3.05) is 19.0 Å². The van der Waals surface area contributed by atoms with Crippen LogP contribution in [-0.2, 0) is 17.8 Å². The maximum Gasteiger partial charge on any atom is 0.283 e. The predicted octanol–water partition coefficient (Wildman–Crippen LogP) is 2.92. The number of aromatic nitrogens is 2. The summed E-state index contributed by atoms with van der Waals surface area (Å²) in [6.45, 7) is 1.37. The van der Waals surface area contributed by atoms with Crippen molar-refractivity contribution in [1.29, 1.82) is 0 Å². The molecule has 0 radical (unpaired) electrons. The van der Waals surface area contributed by atoms with E-state index in [2.05, 4.69) is 26.3 Å². The maximum atomic E-state index is 12.1. The zero-order valence-electron chi connectivity index (χ0n) is 11.5. The second-order valence-electron chi connectivity index (χ2n) is 4.34. The summed E-state index contributed by atoms with van der Waals surface area (Å²) in [5.41, 5.74) is 1.39. The number of methoxy groups -OCH3 is 1. The van der Waals surface area contributed by atoms with Gasteiger partial charge in [-0.15, -0.1) is 0 Å². The Balaban J connectivity index is 2.13. The van der Waals surface area contributed by atoms with Gasteiger partial charge in [-0.3, -0.25) is 4.79 Å². The summed E-state index contributed by atoms with van der Waals surface area (Å²) in [5.74, 6) is 0. The third-order valence-electron chi connectivity index (χ3n) is 2.92. The van der Waals surface area contributed by atoms with E-state index in [9.17, 15) is 4.79 Å². The summed E-state index contributed by atoms with van der Waals surface area (Å²) in [4.78, 5) is 12.1. The third-order valence-corrected chi connectivity index (χ3v) is 4.05. The molecule has 0 aliphatic rings. The van der Waals surface area contributed by atoms with Gasteiger partial charge in [0.1, 0.15) is 4.47 Å². The van der Waals surface area contributed by atoms with E-state index in [0.717, 1.165) is 5.56 Å². The highest BCUT2D eigenvalue weighted by Gasteiger charge is 2.09. The van der Waals surface area contributed by atoms with E-state index in [-0.39, 0.29) is 5.56 Å². The summed E-state index contributed by atoms with van der Waals surface area (Å²) in [6.07, 6.45) is 1.61. The van der Waals surface area contributed by atoms with Gasteiger partial charge in [-0.1, -0.05) is 29.8 Å². The smallest absolute Gasteiger partial charge is 0.283 e. The molecule has 21 heavy (non-hydrogen) atoms. The summed E-state index contributed by atoms with van der Waals surface area (Å²) >= 11 is 9.40. The monoisotopic (exact) mass is 371 g/mol. The molecule has 112 valence electrons. The topological polar surface area (TPSA) is 56.1 Å². The Morgan fingerprint density at radius 1 is 1.43 bits per heavy atom. The molecule has 0 amide bonds. The summed E-state index contributed by atoms with van der Waals surface area (Å²) in [5, 5.41) is 7.95. The molecule has 0 saturated heterocycles. The fourth-order valence-electron chi connectivity index (χ4n) is 1.76. The zero-order chi connectivity index (χ0) is 15.2. The summed E-state index contributed by atoms with van der Waals surface area (Å²) in [7, 11) is 1.58. The molecule has 0 bridgehead atoms. The first-order chi connectivity index (χ1) is 10.1. The standard InChI is InChI=1S/C14H15BrClN3O2/c1-21-7-6-19-14(20)13(15)12(9-18-19)17-8-10-4-2-3-5-11(10)16/h2-5,9,17H,6-8H2,1H3. The highest BCUT2D eigenvalue weighted by Crippen LogP contribution is 2.20. The van der Waals surface area contributed by atoms with Crippen LogP contribution < -0.4 is 10.9 Å². The van der Waals surface area contributed by atoms with Gasteiger partial charge in [-0.05, 0) is 27.6 Å². The molecule has 2 aromatic rings. The molecule has 2 rings (SSSR count). The SMILES string of the molecule is COCCn1ncc(NCc2ccccc2Cl)c(Br)c1=O. The molecule has 1 aromatic heterocycles. The van der Waals surface area contributed by atoms with Crippen LogP contribution in [0.25, 0.3) is 0 Å². The number of ether oxygens (including phenoxy) is 1. The van der Waals surface area contributed by atoms with E-state index in [1.807, 2.05) is 24.3 Å². The number of nitrogens with zero attached hydrogens (tertiary/aromatic N) is 2. The number of benzene rings is 1. The lowest BCUT2D eigenvalue weighted by Crippen LogP contribution is -2.26. The van der Waals surface area contributed by atoms with E-state index in [0.29, 0.717) is 34.9 Å². The van der Waals surface area contributed by atoms with Gasteiger partial charge < -0.3 is 10.1 Å². The van der Waals surface area contributed by atoms with Gasteiger partial charge >= 0.3 is 0 Å². The molecule has 0 saturated carbocycles.